The first kappa shape index (κ1) is 14.0. The van der Waals surface area contributed by atoms with Gasteiger partial charge in [-0.3, -0.25) is 0 Å². The summed E-state index contributed by atoms with van der Waals surface area (Å²) >= 11 is 3.14. The molecular weight excluding hydrogens is 268 g/mol. The first-order chi connectivity index (χ1) is 8.63. The minimum atomic E-state index is 0.322. The molecular formula is C11H21N4OS2+. The van der Waals surface area contributed by atoms with Gasteiger partial charge >= 0.3 is 0 Å². The van der Waals surface area contributed by atoms with Crippen molar-refractivity contribution in [1.29, 1.82) is 0 Å². The zero-order valence-corrected chi connectivity index (χ0v) is 12.5. The number of hydrogen-bond donors (Lipinski definition) is 2. The summed E-state index contributed by atoms with van der Waals surface area (Å²) in [6.07, 6.45) is 0.322. The number of nitrogens with one attached hydrogen (secondary N) is 1. The van der Waals surface area contributed by atoms with E-state index in [0.29, 0.717) is 11.2 Å². The zero-order valence-electron chi connectivity index (χ0n) is 10.9. The van der Waals surface area contributed by atoms with E-state index in [9.17, 15) is 0 Å². The Hall–Kier alpha value is -0.370. The van der Waals surface area contributed by atoms with Crippen molar-refractivity contribution in [2.75, 3.05) is 37.7 Å². The Morgan fingerprint density at radius 1 is 1.56 bits per heavy atom. The molecule has 0 bridgehead atoms. The van der Waals surface area contributed by atoms with Crippen LogP contribution >= 0.6 is 23.1 Å². The molecule has 1 aliphatic rings. The Balaban J connectivity index is 1.75. The number of rotatable bonds is 5. The summed E-state index contributed by atoms with van der Waals surface area (Å²) in [6.45, 7) is 8.87. The molecule has 0 saturated carbocycles. The van der Waals surface area contributed by atoms with Gasteiger partial charge < -0.3 is 15.4 Å². The van der Waals surface area contributed by atoms with Crippen LogP contribution in [0, 0.1) is 5.92 Å². The number of hydrogen-bond acceptors (Lipinski definition) is 6. The number of aromatic nitrogens is 2. The molecule has 2 atom stereocenters. The summed E-state index contributed by atoms with van der Waals surface area (Å²) < 4.78 is 6.74. The van der Waals surface area contributed by atoms with Gasteiger partial charge in [-0.25, -0.2) is 0 Å². The molecule has 0 amide bonds. The van der Waals surface area contributed by atoms with Crippen LogP contribution in [0.15, 0.2) is 4.34 Å². The molecule has 102 valence electrons. The monoisotopic (exact) mass is 289 g/mol. The van der Waals surface area contributed by atoms with Gasteiger partial charge in [0, 0.05) is 11.7 Å². The maximum atomic E-state index is 5.80. The van der Waals surface area contributed by atoms with Crippen molar-refractivity contribution in [2.24, 2.45) is 5.92 Å². The highest BCUT2D eigenvalue weighted by molar-refractivity contribution is 8.01. The van der Waals surface area contributed by atoms with Crippen LogP contribution in [0.3, 0.4) is 0 Å². The van der Waals surface area contributed by atoms with E-state index in [0.717, 1.165) is 35.7 Å². The maximum Gasteiger partial charge on any atom is 0.203 e. The second kappa shape index (κ2) is 6.70. The first-order valence-corrected chi connectivity index (χ1v) is 8.10. The van der Waals surface area contributed by atoms with Gasteiger partial charge in [-0.05, 0) is 0 Å². The number of anilines is 1. The topological polar surface area (TPSA) is 65.5 Å². The van der Waals surface area contributed by atoms with Crippen molar-refractivity contribution < 1.29 is 9.64 Å². The number of ether oxygens (including phenoxy) is 1. The Morgan fingerprint density at radius 2 is 2.39 bits per heavy atom. The van der Waals surface area contributed by atoms with E-state index >= 15 is 0 Å². The molecule has 1 aliphatic heterocycles. The van der Waals surface area contributed by atoms with Gasteiger partial charge in [-0.1, -0.05) is 36.9 Å². The lowest BCUT2D eigenvalue weighted by atomic mass is 10.2. The number of thioether (sulfide) groups is 1. The SMILES string of the molecule is CC(C)C[NH+]1CCO[C@H](CSc2nnc(N)s2)C1. The Labute approximate surface area is 116 Å². The summed E-state index contributed by atoms with van der Waals surface area (Å²) in [6, 6.07) is 0. The van der Waals surface area contributed by atoms with Gasteiger partial charge in [0.2, 0.25) is 5.13 Å². The van der Waals surface area contributed by atoms with Crippen molar-refractivity contribution >= 4 is 28.2 Å². The molecule has 0 aliphatic carbocycles. The fourth-order valence-corrected chi connectivity index (χ4v) is 3.84. The Bertz CT molecular complexity index is 372. The molecule has 1 unspecified atom stereocenters. The second-order valence-corrected chi connectivity index (χ2v) is 7.29. The lowest BCUT2D eigenvalue weighted by Crippen LogP contribution is -3.15. The van der Waals surface area contributed by atoms with Gasteiger partial charge in [-0.15, -0.1) is 10.2 Å². The predicted molar refractivity (Wildman–Crippen MR) is 75.2 cm³/mol. The fourth-order valence-electron chi connectivity index (χ4n) is 2.17. The van der Waals surface area contributed by atoms with Crippen molar-refractivity contribution in [1.82, 2.24) is 10.2 Å². The van der Waals surface area contributed by atoms with E-state index in [1.54, 1.807) is 16.7 Å². The molecule has 1 fully saturated rings. The quantitative estimate of drug-likeness (QED) is 0.756. The number of nitrogen functional groups attached to an aromatic ring is 1. The standard InChI is InChI=1S/C11H20N4OS2/c1-8(2)5-15-3-4-16-9(6-15)7-17-11-14-13-10(12)18-11/h8-9H,3-7H2,1-2H3,(H2,12,13)/p+1/t9-/m0/s1. The van der Waals surface area contributed by atoms with Crippen LogP contribution in [-0.4, -0.2) is 48.3 Å². The van der Waals surface area contributed by atoms with E-state index in [-0.39, 0.29) is 0 Å². The molecule has 1 aromatic rings. The van der Waals surface area contributed by atoms with Crippen LogP contribution in [0.4, 0.5) is 5.13 Å². The summed E-state index contributed by atoms with van der Waals surface area (Å²) in [5, 5.41) is 8.36. The van der Waals surface area contributed by atoms with E-state index < -0.39 is 0 Å². The normalized spacial score (nSPS) is 24.6. The summed E-state index contributed by atoms with van der Waals surface area (Å²) in [7, 11) is 0. The van der Waals surface area contributed by atoms with Crippen molar-refractivity contribution in [2.45, 2.75) is 24.3 Å². The predicted octanol–water partition coefficient (Wildman–Crippen LogP) is 0.152. The molecule has 1 aromatic heterocycles. The largest absolute Gasteiger partial charge is 0.374 e. The summed E-state index contributed by atoms with van der Waals surface area (Å²) in [5.41, 5.74) is 5.56. The van der Waals surface area contributed by atoms with Crippen LogP contribution in [0.5, 0.6) is 0 Å². The van der Waals surface area contributed by atoms with E-state index in [4.69, 9.17) is 10.5 Å². The minimum Gasteiger partial charge on any atom is -0.374 e. The third-order valence-electron chi connectivity index (χ3n) is 2.84. The first-order valence-electron chi connectivity index (χ1n) is 6.30. The van der Waals surface area contributed by atoms with E-state index in [2.05, 4.69) is 24.0 Å². The maximum absolute atomic E-state index is 5.80. The van der Waals surface area contributed by atoms with Gasteiger partial charge in [0.1, 0.15) is 19.2 Å². The fraction of sp³-hybridized carbons (Fsp3) is 0.818. The smallest absolute Gasteiger partial charge is 0.203 e. The minimum absolute atomic E-state index is 0.322. The molecule has 0 aromatic carbocycles. The third kappa shape index (κ3) is 4.38. The molecule has 2 heterocycles. The Kier molecular flexibility index (Phi) is 5.23. The Morgan fingerprint density at radius 3 is 3.06 bits per heavy atom. The molecule has 0 spiro atoms. The lowest BCUT2D eigenvalue weighted by molar-refractivity contribution is -0.914. The molecule has 18 heavy (non-hydrogen) atoms. The summed E-state index contributed by atoms with van der Waals surface area (Å²) in [4.78, 5) is 1.65. The van der Waals surface area contributed by atoms with Crippen molar-refractivity contribution in [3.8, 4) is 0 Å². The van der Waals surface area contributed by atoms with Crippen LogP contribution in [0.1, 0.15) is 13.8 Å². The van der Waals surface area contributed by atoms with Crippen LogP contribution < -0.4 is 10.6 Å². The highest BCUT2D eigenvalue weighted by Crippen LogP contribution is 2.24. The van der Waals surface area contributed by atoms with Crippen LogP contribution in [0.2, 0.25) is 0 Å². The number of quaternary nitrogens is 1. The van der Waals surface area contributed by atoms with Crippen LogP contribution in [-0.2, 0) is 4.74 Å². The second-order valence-electron chi connectivity index (χ2n) is 5.01. The molecule has 2 rings (SSSR count). The van der Waals surface area contributed by atoms with Crippen molar-refractivity contribution in [3.05, 3.63) is 0 Å². The van der Waals surface area contributed by atoms with Crippen LogP contribution in [0.25, 0.3) is 0 Å². The van der Waals surface area contributed by atoms with Gasteiger partial charge in [0.15, 0.2) is 4.34 Å². The molecule has 7 heteroatoms. The number of morpholine rings is 1. The van der Waals surface area contributed by atoms with E-state index in [1.807, 2.05) is 0 Å². The van der Waals surface area contributed by atoms with E-state index in [1.165, 1.54) is 17.9 Å². The van der Waals surface area contributed by atoms with Crippen molar-refractivity contribution in [3.63, 3.8) is 0 Å². The number of nitrogens with two attached hydrogens (primary N) is 1. The number of nitrogens with zero attached hydrogens (tertiary/aromatic N) is 2. The molecule has 0 radical (unpaired) electrons. The lowest BCUT2D eigenvalue weighted by Gasteiger charge is -2.30. The molecule has 5 nitrogen and oxygen atoms in total. The van der Waals surface area contributed by atoms with Gasteiger partial charge in [0.05, 0.1) is 13.2 Å². The molecule has 3 N–H and O–H groups in total. The average Bonchev–Trinajstić information content (AvgIpc) is 2.72. The van der Waals surface area contributed by atoms with Gasteiger partial charge in [-0.2, -0.15) is 0 Å². The summed E-state index contributed by atoms with van der Waals surface area (Å²) in [5.74, 6) is 1.69. The van der Waals surface area contributed by atoms with Gasteiger partial charge in [0.25, 0.3) is 0 Å². The molecule has 1 saturated heterocycles. The third-order valence-corrected chi connectivity index (χ3v) is 4.85. The highest BCUT2D eigenvalue weighted by atomic mass is 32.2. The zero-order chi connectivity index (χ0) is 13.0. The highest BCUT2D eigenvalue weighted by Gasteiger charge is 2.24. The average molecular weight is 289 g/mol.